The van der Waals surface area contributed by atoms with E-state index in [0.717, 1.165) is 16.3 Å². The molecule has 0 saturated carbocycles. The van der Waals surface area contributed by atoms with Crippen molar-refractivity contribution >= 4 is 28.7 Å². The Hall–Kier alpha value is -3.13. The molecule has 0 N–H and O–H groups in total. The summed E-state index contributed by atoms with van der Waals surface area (Å²) in [5.74, 6) is -0.919. The van der Waals surface area contributed by atoms with Crippen LogP contribution in [0.2, 0.25) is 0 Å². The van der Waals surface area contributed by atoms with E-state index in [-0.39, 0.29) is 6.61 Å². The molecule has 0 bridgehead atoms. The molecule has 1 aliphatic heterocycles. The van der Waals surface area contributed by atoms with Crippen molar-refractivity contribution in [1.82, 2.24) is 0 Å². The number of carbonyl (C=O) groups is 3. The number of rotatable bonds is 6. The van der Waals surface area contributed by atoms with Crippen molar-refractivity contribution in [3.8, 4) is 5.75 Å². The second kappa shape index (κ2) is 9.13. The third-order valence-electron chi connectivity index (χ3n) is 4.81. The first-order chi connectivity index (χ1) is 14.3. The van der Waals surface area contributed by atoms with Gasteiger partial charge in [0, 0.05) is 26.2 Å². The second-order valence-corrected chi connectivity index (χ2v) is 6.95. The molecule has 0 aliphatic carbocycles. The van der Waals surface area contributed by atoms with Crippen LogP contribution in [-0.4, -0.2) is 49.9 Å². The lowest BCUT2D eigenvalue weighted by atomic mass is 9.95. The van der Waals surface area contributed by atoms with Gasteiger partial charge >= 0.3 is 17.9 Å². The van der Waals surface area contributed by atoms with Crippen LogP contribution in [0.4, 0.5) is 0 Å². The summed E-state index contributed by atoms with van der Waals surface area (Å²) in [6, 6.07) is 11.2. The van der Waals surface area contributed by atoms with Gasteiger partial charge in [-0.05, 0) is 17.0 Å². The maximum absolute atomic E-state index is 11.8. The van der Waals surface area contributed by atoms with Crippen molar-refractivity contribution in [2.75, 3.05) is 13.7 Å². The maximum atomic E-state index is 11.8. The number of carbonyl (C=O) groups excluding carboxylic acids is 3. The van der Waals surface area contributed by atoms with Crippen molar-refractivity contribution in [3.63, 3.8) is 0 Å². The molecule has 4 atom stereocenters. The summed E-state index contributed by atoms with van der Waals surface area (Å²) in [6.07, 6.45) is -3.39. The molecule has 0 amide bonds. The SMILES string of the molecule is COc1ccc([C@@H]2O[C@H](COC(C)=O)[C@@H](OC(C)=O)[C@H]2OC(C)=O)c2ccccc12. The molecule has 3 rings (SSSR count). The van der Waals surface area contributed by atoms with Crippen molar-refractivity contribution in [2.45, 2.75) is 45.2 Å². The largest absolute Gasteiger partial charge is 0.496 e. The van der Waals surface area contributed by atoms with Crippen LogP contribution in [0.15, 0.2) is 36.4 Å². The van der Waals surface area contributed by atoms with E-state index in [4.69, 9.17) is 23.7 Å². The summed E-state index contributed by atoms with van der Waals surface area (Å²) in [5, 5.41) is 1.70. The average Bonchev–Trinajstić information content (AvgIpc) is 3.01. The van der Waals surface area contributed by atoms with E-state index in [0.29, 0.717) is 5.75 Å². The van der Waals surface area contributed by atoms with Crippen LogP contribution < -0.4 is 4.74 Å². The highest BCUT2D eigenvalue weighted by Crippen LogP contribution is 2.42. The summed E-state index contributed by atoms with van der Waals surface area (Å²) in [4.78, 5) is 34.8. The fourth-order valence-electron chi connectivity index (χ4n) is 3.69. The molecule has 0 spiro atoms. The summed E-state index contributed by atoms with van der Waals surface area (Å²) in [7, 11) is 1.58. The molecule has 2 aromatic rings. The average molecular weight is 416 g/mol. The molecule has 8 nitrogen and oxygen atoms in total. The normalized spacial score (nSPS) is 23.1. The Bertz CT molecular complexity index is 953. The van der Waals surface area contributed by atoms with Crippen LogP contribution in [0.3, 0.4) is 0 Å². The number of hydrogen-bond acceptors (Lipinski definition) is 8. The zero-order valence-corrected chi connectivity index (χ0v) is 17.2. The zero-order chi connectivity index (χ0) is 21.8. The Labute approximate surface area is 174 Å². The Morgan fingerprint density at radius 3 is 2.10 bits per heavy atom. The number of esters is 3. The van der Waals surface area contributed by atoms with Crippen LogP contribution >= 0.6 is 0 Å². The number of hydrogen-bond donors (Lipinski definition) is 0. The molecule has 2 aromatic carbocycles. The number of benzene rings is 2. The number of methoxy groups -OCH3 is 1. The first kappa shape index (κ1) is 21.6. The van der Waals surface area contributed by atoms with Gasteiger partial charge in [-0.1, -0.05) is 30.3 Å². The van der Waals surface area contributed by atoms with E-state index in [1.54, 1.807) is 13.2 Å². The van der Waals surface area contributed by atoms with Gasteiger partial charge in [0.15, 0.2) is 12.2 Å². The minimum absolute atomic E-state index is 0.143. The highest BCUT2D eigenvalue weighted by atomic mass is 16.6. The molecule has 0 unspecified atom stereocenters. The van der Waals surface area contributed by atoms with Crippen molar-refractivity contribution in [1.29, 1.82) is 0 Å². The number of fused-ring (bicyclic) bond motifs is 1. The van der Waals surface area contributed by atoms with Crippen LogP contribution in [-0.2, 0) is 33.3 Å². The zero-order valence-electron chi connectivity index (χ0n) is 17.2. The lowest BCUT2D eigenvalue weighted by Crippen LogP contribution is -2.40. The predicted molar refractivity (Wildman–Crippen MR) is 106 cm³/mol. The van der Waals surface area contributed by atoms with Gasteiger partial charge in [0.1, 0.15) is 24.6 Å². The molecule has 0 aromatic heterocycles. The topological polar surface area (TPSA) is 97.4 Å². The first-order valence-corrected chi connectivity index (χ1v) is 9.50. The fraction of sp³-hybridized carbons (Fsp3) is 0.409. The standard InChI is InChI=1S/C22H24O8/c1-12(23)27-11-19-21(28-13(2)24)22(29-14(3)25)20(30-19)17-9-10-18(26-4)16-8-6-5-7-15(16)17/h5-10,19-22H,11H2,1-4H3/t19-,20+,21-,22+/m1/s1. The van der Waals surface area contributed by atoms with E-state index in [2.05, 4.69) is 0 Å². The summed E-state index contributed by atoms with van der Waals surface area (Å²) in [5.41, 5.74) is 0.736. The Morgan fingerprint density at radius 2 is 1.50 bits per heavy atom. The Morgan fingerprint density at radius 1 is 0.867 bits per heavy atom. The second-order valence-electron chi connectivity index (χ2n) is 6.95. The molecule has 8 heteroatoms. The van der Waals surface area contributed by atoms with Gasteiger partial charge < -0.3 is 23.7 Å². The van der Waals surface area contributed by atoms with Gasteiger partial charge in [0.2, 0.25) is 0 Å². The van der Waals surface area contributed by atoms with E-state index >= 15 is 0 Å². The van der Waals surface area contributed by atoms with Gasteiger partial charge in [0.25, 0.3) is 0 Å². The van der Waals surface area contributed by atoms with E-state index < -0.39 is 42.3 Å². The lowest BCUT2D eigenvalue weighted by molar-refractivity contribution is -0.165. The molecular formula is C22H24O8. The van der Waals surface area contributed by atoms with Gasteiger partial charge in [-0.25, -0.2) is 0 Å². The molecule has 160 valence electrons. The van der Waals surface area contributed by atoms with Crippen molar-refractivity contribution in [3.05, 3.63) is 42.0 Å². The minimum atomic E-state index is -0.934. The third-order valence-corrected chi connectivity index (χ3v) is 4.81. The van der Waals surface area contributed by atoms with Crippen molar-refractivity contribution in [2.24, 2.45) is 0 Å². The fourth-order valence-corrected chi connectivity index (χ4v) is 3.69. The lowest BCUT2D eigenvalue weighted by Gasteiger charge is -2.24. The smallest absolute Gasteiger partial charge is 0.303 e. The molecule has 1 heterocycles. The van der Waals surface area contributed by atoms with Crippen LogP contribution in [0.25, 0.3) is 10.8 Å². The molecular weight excluding hydrogens is 392 g/mol. The Kier molecular flexibility index (Phi) is 6.56. The van der Waals surface area contributed by atoms with Gasteiger partial charge in [-0.15, -0.1) is 0 Å². The molecule has 0 radical (unpaired) electrons. The molecule has 30 heavy (non-hydrogen) atoms. The van der Waals surface area contributed by atoms with Crippen LogP contribution in [0, 0.1) is 0 Å². The van der Waals surface area contributed by atoms with Crippen LogP contribution in [0.1, 0.15) is 32.4 Å². The monoisotopic (exact) mass is 416 g/mol. The molecule has 1 saturated heterocycles. The minimum Gasteiger partial charge on any atom is -0.496 e. The van der Waals surface area contributed by atoms with E-state index in [1.165, 1.54) is 20.8 Å². The van der Waals surface area contributed by atoms with Crippen molar-refractivity contribution < 1.29 is 38.1 Å². The van der Waals surface area contributed by atoms with E-state index in [9.17, 15) is 14.4 Å². The molecule has 1 fully saturated rings. The van der Waals surface area contributed by atoms with Gasteiger partial charge in [0.05, 0.1) is 7.11 Å². The van der Waals surface area contributed by atoms with Crippen LogP contribution in [0.5, 0.6) is 5.75 Å². The summed E-state index contributed by atoms with van der Waals surface area (Å²) < 4.78 is 27.6. The van der Waals surface area contributed by atoms with Gasteiger partial charge in [-0.3, -0.25) is 14.4 Å². The third kappa shape index (κ3) is 4.54. The molecule has 1 aliphatic rings. The Balaban J connectivity index is 2.07. The van der Waals surface area contributed by atoms with Gasteiger partial charge in [-0.2, -0.15) is 0 Å². The first-order valence-electron chi connectivity index (χ1n) is 9.50. The summed E-state index contributed by atoms with van der Waals surface area (Å²) in [6.45, 7) is 3.65. The highest BCUT2D eigenvalue weighted by Gasteiger charge is 2.50. The number of ether oxygens (including phenoxy) is 5. The van der Waals surface area contributed by atoms with E-state index in [1.807, 2.05) is 30.3 Å². The highest BCUT2D eigenvalue weighted by molar-refractivity contribution is 5.91. The predicted octanol–water partition coefficient (Wildman–Crippen LogP) is 2.71. The quantitative estimate of drug-likeness (QED) is 0.524. The maximum Gasteiger partial charge on any atom is 0.303 e. The summed E-state index contributed by atoms with van der Waals surface area (Å²) >= 11 is 0.